The number of halogens is 1. The van der Waals surface area contributed by atoms with Crippen LogP contribution in [0.1, 0.15) is 33.3 Å². The smallest absolute Gasteiger partial charge is 0.287 e. The van der Waals surface area contributed by atoms with E-state index in [1.807, 2.05) is 0 Å². The van der Waals surface area contributed by atoms with E-state index < -0.39 is 0 Å². The van der Waals surface area contributed by atoms with Crippen molar-refractivity contribution in [2.75, 3.05) is 6.54 Å². The second kappa shape index (κ2) is 7.44. The molecule has 3 aromatic rings. The SMILES string of the molecule is Cc1ccc(Cc2nc(CCNC(=O)c3ccc(Br)o3)n[nH]2)cc1. The van der Waals surface area contributed by atoms with Crippen molar-refractivity contribution in [3.63, 3.8) is 0 Å². The molecule has 24 heavy (non-hydrogen) atoms. The van der Waals surface area contributed by atoms with Crippen LogP contribution in [0.25, 0.3) is 0 Å². The molecule has 3 rings (SSSR count). The van der Waals surface area contributed by atoms with E-state index in [1.54, 1.807) is 12.1 Å². The highest BCUT2D eigenvalue weighted by molar-refractivity contribution is 9.10. The lowest BCUT2D eigenvalue weighted by Crippen LogP contribution is -2.25. The van der Waals surface area contributed by atoms with Gasteiger partial charge in [0.25, 0.3) is 5.91 Å². The Morgan fingerprint density at radius 1 is 1.25 bits per heavy atom. The zero-order valence-corrected chi connectivity index (χ0v) is 14.8. The molecule has 2 heterocycles. The lowest BCUT2D eigenvalue weighted by atomic mass is 10.1. The van der Waals surface area contributed by atoms with Gasteiger partial charge in [0.1, 0.15) is 5.82 Å². The maximum absolute atomic E-state index is 11.8. The van der Waals surface area contributed by atoms with Crippen LogP contribution in [0.2, 0.25) is 0 Å². The molecule has 0 spiro atoms. The standard InChI is InChI=1S/C17H17BrN4O2/c1-11-2-4-12(5-3-11)10-16-20-15(21-22-16)8-9-19-17(23)13-6-7-14(18)24-13/h2-7H,8-10H2,1H3,(H,19,23)(H,20,21,22). The maximum Gasteiger partial charge on any atom is 0.287 e. The molecule has 2 N–H and O–H groups in total. The third-order valence-electron chi connectivity index (χ3n) is 3.50. The van der Waals surface area contributed by atoms with E-state index in [-0.39, 0.29) is 11.7 Å². The summed E-state index contributed by atoms with van der Waals surface area (Å²) in [6.45, 7) is 2.50. The van der Waals surface area contributed by atoms with Gasteiger partial charge in [-0.25, -0.2) is 4.98 Å². The molecule has 1 amide bonds. The molecular formula is C17H17BrN4O2. The molecule has 7 heteroatoms. The average molecular weight is 389 g/mol. The van der Waals surface area contributed by atoms with E-state index in [4.69, 9.17) is 4.42 Å². The number of furan rings is 1. The van der Waals surface area contributed by atoms with Gasteiger partial charge in [-0.15, -0.1) is 0 Å². The van der Waals surface area contributed by atoms with E-state index in [0.29, 0.717) is 29.9 Å². The third-order valence-corrected chi connectivity index (χ3v) is 3.93. The first kappa shape index (κ1) is 16.4. The van der Waals surface area contributed by atoms with Crippen LogP contribution in [0.3, 0.4) is 0 Å². The topological polar surface area (TPSA) is 83.8 Å². The molecule has 0 aliphatic heterocycles. The minimum atomic E-state index is -0.254. The first-order chi connectivity index (χ1) is 11.6. The van der Waals surface area contributed by atoms with Crippen LogP contribution < -0.4 is 5.32 Å². The van der Waals surface area contributed by atoms with Crippen molar-refractivity contribution >= 4 is 21.8 Å². The molecule has 0 fully saturated rings. The predicted octanol–water partition coefficient (Wildman–Crippen LogP) is 3.03. The number of aryl methyl sites for hydroxylation is 1. The summed E-state index contributed by atoms with van der Waals surface area (Å²) in [5, 5.41) is 9.91. The van der Waals surface area contributed by atoms with Crippen molar-refractivity contribution < 1.29 is 9.21 Å². The largest absolute Gasteiger partial charge is 0.444 e. The highest BCUT2D eigenvalue weighted by atomic mass is 79.9. The number of aromatic nitrogens is 3. The molecule has 0 atom stereocenters. The Labute approximate surface area is 147 Å². The van der Waals surface area contributed by atoms with Gasteiger partial charge in [0.2, 0.25) is 0 Å². The van der Waals surface area contributed by atoms with Crippen molar-refractivity contribution in [3.05, 3.63) is 69.6 Å². The molecule has 0 aliphatic carbocycles. The van der Waals surface area contributed by atoms with Crippen molar-refractivity contribution in [1.82, 2.24) is 20.5 Å². The fourth-order valence-electron chi connectivity index (χ4n) is 2.24. The minimum absolute atomic E-state index is 0.254. The summed E-state index contributed by atoms with van der Waals surface area (Å²) < 4.78 is 5.72. The van der Waals surface area contributed by atoms with Crippen LogP contribution in [0.4, 0.5) is 0 Å². The average Bonchev–Trinajstić information content (AvgIpc) is 3.19. The van der Waals surface area contributed by atoms with Crippen LogP contribution in [0.15, 0.2) is 45.5 Å². The Bertz CT molecular complexity index is 823. The molecule has 0 saturated heterocycles. The maximum atomic E-state index is 11.8. The highest BCUT2D eigenvalue weighted by Gasteiger charge is 2.10. The van der Waals surface area contributed by atoms with Crippen LogP contribution in [0, 0.1) is 6.92 Å². The Hall–Kier alpha value is -2.41. The molecule has 2 aromatic heterocycles. The monoisotopic (exact) mass is 388 g/mol. The minimum Gasteiger partial charge on any atom is -0.444 e. The van der Waals surface area contributed by atoms with E-state index in [0.717, 1.165) is 5.82 Å². The molecule has 0 saturated carbocycles. The number of H-pyrrole nitrogens is 1. The lowest BCUT2D eigenvalue weighted by Gasteiger charge is -2.00. The van der Waals surface area contributed by atoms with E-state index in [2.05, 4.69) is 67.6 Å². The number of amides is 1. The van der Waals surface area contributed by atoms with Gasteiger partial charge >= 0.3 is 0 Å². The molecule has 1 aromatic carbocycles. The van der Waals surface area contributed by atoms with E-state index >= 15 is 0 Å². The van der Waals surface area contributed by atoms with Crippen molar-refractivity contribution in [1.29, 1.82) is 0 Å². The number of nitrogens with zero attached hydrogens (tertiary/aromatic N) is 2. The zero-order valence-electron chi connectivity index (χ0n) is 13.2. The molecule has 124 valence electrons. The van der Waals surface area contributed by atoms with Crippen LogP contribution in [-0.4, -0.2) is 27.6 Å². The summed E-state index contributed by atoms with van der Waals surface area (Å²) in [4.78, 5) is 16.3. The van der Waals surface area contributed by atoms with Gasteiger partial charge in [-0.1, -0.05) is 29.8 Å². The Kier molecular flexibility index (Phi) is 5.10. The van der Waals surface area contributed by atoms with E-state index in [9.17, 15) is 4.79 Å². The molecule has 0 radical (unpaired) electrons. The second-order valence-corrected chi connectivity index (χ2v) is 6.25. The molecule has 6 nitrogen and oxygen atoms in total. The van der Waals surface area contributed by atoms with Crippen molar-refractivity contribution in [3.8, 4) is 0 Å². The quantitative estimate of drug-likeness (QED) is 0.679. The predicted molar refractivity (Wildman–Crippen MR) is 92.8 cm³/mol. The molecule has 0 aliphatic rings. The number of aromatic amines is 1. The van der Waals surface area contributed by atoms with Gasteiger partial charge in [0.05, 0.1) is 0 Å². The van der Waals surface area contributed by atoms with Crippen molar-refractivity contribution in [2.24, 2.45) is 0 Å². The molecular weight excluding hydrogens is 372 g/mol. The summed E-state index contributed by atoms with van der Waals surface area (Å²) in [7, 11) is 0. The summed E-state index contributed by atoms with van der Waals surface area (Å²) >= 11 is 3.17. The van der Waals surface area contributed by atoms with Crippen LogP contribution in [-0.2, 0) is 12.8 Å². The summed E-state index contributed by atoms with van der Waals surface area (Å²) in [5.74, 6) is 1.52. The first-order valence-corrected chi connectivity index (χ1v) is 8.39. The van der Waals surface area contributed by atoms with Gasteiger partial charge in [-0.2, -0.15) is 5.10 Å². The van der Waals surface area contributed by atoms with Crippen molar-refractivity contribution in [2.45, 2.75) is 19.8 Å². The van der Waals surface area contributed by atoms with Gasteiger partial charge < -0.3 is 9.73 Å². The Balaban J connectivity index is 1.49. The Morgan fingerprint density at radius 2 is 2.04 bits per heavy atom. The Morgan fingerprint density at radius 3 is 2.75 bits per heavy atom. The van der Waals surface area contributed by atoms with Gasteiger partial charge in [0, 0.05) is 19.4 Å². The van der Waals surface area contributed by atoms with Crippen LogP contribution in [0.5, 0.6) is 0 Å². The summed E-state index contributed by atoms with van der Waals surface area (Å²) in [6, 6.07) is 11.6. The van der Waals surface area contributed by atoms with E-state index in [1.165, 1.54) is 11.1 Å². The molecule has 0 bridgehead atoms. The number of hydrogen-bond donors (Lipinski definition) is 2. The zero-order chi connectivity index (χ0) is 16.9. The summed E-state index contributed by atoms with van der Waals surface area (Å²) in [5.41, 5.74) is 2.41. The fraction of sp³-hybridized carbons (Fsp3) is 0.235. The number of nitrogens with one attached hydrogen (secondary N) is 2. The molecule has 0 unspecified atom stereocenters. The highest BCUT2D eigenvalue weighted by Crippen LogP contribution is 2.13. The first-order valence-electron chi connectivity index (χ1n) is 7.59. The number of hydrogen-bond acceptors (Lipinski definition) is 4. The fourth-order valence-corrected chi connectivity index (χ4v) is 2.54. The third kappa shape index (κ3) is 4.32. The number of rotatable bonds is 6. The van der Waals surface area contributed by atoms with Gasteiger partial charge in [0.15, 0.2) is 16.3 Å². The van der Waals surface area contributed by atoms with Crippen LogP contribution >= 0.6 is 15.9 Å². The number of benzene rings is 1. The number of carbonyl (C=O) groups is 1. The second-order valence-electron chi connectivity index (χ2n) is 5.47. The lowest BCUT2D eigenvalue weighted by molar-refractivity contribution is 0.0925. The van der Waals surface area contributed by atoms with Gasteiger partial charge in [-0.05, 0) is 40.5 Å². The summed E-state index contributed by atoms with van der Waals surface area (Å²) in [6.07, 6.45) is 1.26. The normalized spacial score (nSPS) is 10.8. The van der Waals surface area contributed by atoms with Gasteiger partial charge in [-0.3, -0.25) is 9.89 Å². The number of carbonyl (C=O) groups excluding carboxylic acids is 1.